The minimum absolute atomic E-state index is 0.268. The third-order valence-corrected chi connectivity index (χ3v) is 5.00. The molecule has 0 saturated carbocycles. The number of phenolic OH excluding ortho intramolecular Hbond substituents is 1. The highest BCUT2D eigenvalue weighted by molar-refractivity contribution is 7.99. The van der Waals surface area contributed by atoms with Gasteiger partial charge in [0.05, 0.1) is 6.61 Å². The monoisotopic (exact) mass is 386 g/mol. The summed E-state index contributed by atoms with van der Waals surface area (Å²) in [5.41, 5.74) is 0.834. The second-order valence-corrected chi connectivity index (χ2v) is 6.96. The van der Waals surface area contributed by atoms with Crippen LogP contribution in [0.1, 0.15) is 18.9 Å². The van der Waals surface area contributed by atoms with E-state index < -0.39 is 6.36 Å². The first-order chi connectivity index (χ1) is 12.3. The predicted octanol–water partition coefficient (Wildman–Crippen LogP) is 5.80. The number of alkyl halides is 3. The van der Waals surface area contributed by atoms with Gasteiger partial charge in [0.25, 0.3) is 0 Å². The summed E-state index contributed by atoms with van der Waals surface area (Å²) in [5.74, 6) is 1.65. The first-order valence-corrected chi connectivity index (χ1v) is 9.16. The number of ether oxygens (including phenoxy) is 2. The Labute approximate surface area is 155 Å². The van der Waals surface area contributed by atoms with Crippen molar-refractivity contribution in [3.05, 3.63) is 48.0 Å². The smallest absolute Gasteiger partial charge is 0.508 e. The van der Waals surface area contributed by atoms with Gasteiger partial charge in [0.2, 0.25) is 0 Å². The molecule has 0 saturated heterocycles. The van der Waals surface area contributed by atoms with Crippen LogP contribution in [-0.4, -0.2) is 23.8 Å². The normalized spacial score (nSPS) is 12.7. The SMILES string of the molecule is CC[C@H](COc1ccc(OC(F)(F)F)cc1)CSc1ccc(O)c(C)c1. The highest BCUT2D eigenvalue weighted by Gasteiger charge is 2.30. The van der Waals surface area contributed by atoms with E-state index in [2.05, 4.69) is 11.7 Å². The molecule has 3 nitrogen and oxygen atoms in total. The Kier molecular flexibility index (Phi) is 7.08. The fourth-order valence-electron chi connectivity index (χ4n) is 2.17. The van der Waals surface area contributed by atoms with Crippen LogP contribution in [0.15, 0.2) is 47.4 Å². The van der Waals surface area contributed by atoms with Crippen molar-refractivity contribution in [1.82, 2.24) is 0 Å². The summed E-state index contributed by atoms with van der Waals surface area (Å²) in [4.78, 5) is 1.08. The molecule has 142 valence electrons. The van der Waals surface area contributed by atoms with E-state index in [1.54, 1.807) is 17.8 Å². The molecule has 0 unspecified atom stereocenters. The first kappa shape index (κ1) is 20.3. The minimum Gasteiger partial charge on any atom is -0.508 e. The number of hydrogen-bond donors (Lipinski definition) is 1. The molecule has 2 aromatic rings. The Balaban J connectivity index is 1.83. The number of benzene rings is 2. The van der Waals surface area contributed by atoms with Gasteiger partial charge >= 0.3 is 6.36 Å². The zero-order valence-corrected chi connectivity index (χ0v) is 15.4. The van der Waals surface area contributed by atoms with Crippen molar-refractivity contribution < 1.29 is 27.8 Å². The van der Waals surface area contributed by atoms with Crippen LogP contribution in [0.5, 0.6) is 17.2 Å². The molecule has 0 amide bonds. The lowest BCUT2D eigenvalue weighted by Crippen LogP contribution is -2.17. The van der Waals surface area contributed by atoms with Gasteiger partial charge in [-0.05, 0) is 61.4 Å². The van der Waals surface area contributed by atoms with Crippen LogP contribution in [-0.2, 0) is 0 Å². The lowest BCUT2D eigenvalue weighted by atomic mass is 10.1. The maximum Gasteiger partial charge on any atom is 0.573 e. The number of phenols is 1. The van der Waals surface area contributed by atoms with E-state index in [1.165, 1.54) is 24.3 Å². The molecule has 0 radical (unpaired) electrons. The molecule has 7 heteroatoms. The maximum atomic E-state index is 12.1. The van der Waals surface area contributed by atoms with Crippen LogP contribution in [0.4, 0.5) is 13.2 Å². The average Bonchev–Trinajstić information content (AvgIpc) is 2.58. The quantitative estimate of drug-likeness (QED) is 0.582. The summed E-state index contributed by atoms with van der Waals surface area (Å²) in [6.07, 6.45) is -3.78. The topological polar surface area (TPSA) is 38.7 Å². The standard InChI is InChI=1S/C19H21F3O3S/c1-3-14(12-26-17-8-9-18(23)13(2)10-17)11-24-15-4-6-16(7-5-15)25-19(20,21)22/h4-10,14,23H,3,11-12H2,1-2H3/t14-/m1/s1. The number of aromatic hydroxyl groups is 1. The summed E-state index contributed by atoms with van der Waals surface area (Å²) in [5, 5.41) is 9.56. The zero-order chi connectivity index (χ0) is 19.2. The Morgan fingerprint density at radius 3 is 2.31 bits per heavy atom. The van der Waals surface area contributed by atoms with Gasteiger partial charge in [-0.15, -0.1) is 24.9 Å². The van der Waals surface area contributed by atoms with Crippen molar-refractivity contribution in [2.75, 3.05) is 12.4 Å². The molecule has 0 aliphatic rings. The lowest BCUT2D eigenvalue weighted by molar-refractivity contribution is -0.274. The van der Waals surface area contributed by atoms with E-state index >= 15 is 0 Å². The molecule has 0 bridgehead atoms. The summed E-state index contributed by atoms with van der Waals surface area (Å²) >= 11 is 1.68. The molecular weight excluding hydrogens is 365 g/mol. The molecule has 0 heterocycles. The molecule has 0 aliphatic carbocycles. The zero-order valence-electron chi connectivity index (χ0n) is 14.5. The molecule has 0 aromatic heterocycles. The van der Waals surface area contributed by atoms with Gasteiger partial charge in [0.1, 0.15) is 17.2 Å². The second-order valence-electron chi connectivity index (χ2n) is 5.86. The van der Waals surface area contributed by atoms with E-state index in [-0.39, 0.29) is 11.5 Å². The summed E-state index contributed by atoms with van der Waals surface area (Å²) in [6.45, 7) is 4.39. The Morgan fingerprint density at radius 2 is 1.73 bits per heavy atom. The lowest BCUT2D eigenvalue weighted by Gasteiger charge is -2.16. The van der Waals surface area contributed by atoms with Gasteiger partial charge in [-0.3, -0.25) is 0 Å². The van der Waals surface area contributed by atoms with Gasteiger partial charge in [0, 0.05) is 16.6 Å². The highest BCUT2D eigenvalue weighted by Crippen LogP contribution is 2.28. The van der Waals surface area contributed by atoms with Crippen LogP contribution in [0.3, 0.4) is 0 Å². The van der Waals surface area contributed by atoms with Crippen molar-refractivity contribution in [2.45, 2.75) is 31.5 Å². The number of aryl methyl sites for hydroxylation is 1. The number of halogens is 3. The van der Waals surface area contributed by atoms with Gasteiger partial charge in [-0.2, -0.15) is 0 Å². The second kappa shape index (κ2) is 9.07. The van der Waals surface area contributed by atoms with Crippen LogP contribution in [0.2, 0.25) is 0 Å². The van der Waals surface area contributed by atoms with Crippen molar-refractivity contribution >= 4 is 11.8 Å². The largest absolute Gasteiger partial charge is 0.573 e. The van der Waals surface area contributed by atoms with Crippen LogP contribution in [0, 0.1) is 12.8 Å². The van der Waals surface area contributed by atoms with Gasteiger partial charge in [-0.1, -0.05) is 6.92 Å². The van der Waals surface area contributed by atoms with E-state index in [1.807, 2.05) is 19.1 Å². The third-order valence-electron chi connectivity index (χ3n) is 3.77. The molecule has 2 aromatic carbocycles. The Bertz CT molecular complexity index is 702. The van der Waals surface area contributed by atoms with Crippen molar-refractivity contribution in [3.63, 3.8) is 0 Å². The molecule has 1 N–H and O–H groups in total. The van der Waals surface area contributed by atoms with E-state index in [9.17, 15) is 18.3 Å². The maximum absolute atomic E-state index is 12.1. The van der Waals surface area contributed by atoms with Crippen LogP contribution in [0.25, 0.3) is 0 Å². The number of thioether (sulfide) groups is 1. The first-order valence-electron chi connectivity index (χ1n) is 8.18. The van der Waals surface area contributed by atoms with Crippen molar-refractivity contribution in [3.8, 4) is 17.2 Å². The van der Waals surface area contributed by atoms with Gasteiger partial charge < -0.3 is 14.6 Å². The Morgan fingerprint density at radius 1 is 1.08 bits per heavy atom. The summed E-state index contributed by atoms with van der Waals surface area (Å²) in [7, 11) is 0. The predicted molar refractivity (Wildman–Crippen MR) is 96.0 cm³/mol. The molecule has 0 fully saturated rings. The fraction of sp³-hybridized carbons (Fsp3) is 0.368. The molecule has 26 heavy (non-hydrogen) atoms. The van der Waals surface area contributed by atoms with E-state index in [0.717, 1.165) is 22.6 Å². The molecule has 0 spiro atoms. The van der Waals surface area contributed by atoms with Gasteiger partial charge in [0.15, 0.2) is 0 Å². The number of rotatable bonds is 8. The molecule has 1 atom stereocenters. The average molecular weight is 386 g/mol. The highest BCUT2D eigenvalue weighted by atomic mass is 32.2. The fourth-order valence-corrected chi connectivity index (χ4v) is 3.35. The minimum atomic E-state index is -4.69. The van der Waals surface area contributed by atoms with Gasteiger partial charge in [-0.25, -0.2) is 0 Å². The summed E-state index contributed by atoms with van der Waals surface area (Å²) in [6, 6.07) is 10.9. The number of hydrogen-bond acceptors (Lipinski definition) is 4. The summed E-state index contributed by atoms with van der Waals surface area (Å²) < 4.78 is 45.9. The van der Waals surface area contributed by atoms with E-state index in [4.69, 9.17) is 4.74 Å². The molecular formula is C19H21F3O3S. The van der Waals surface area contributed by atoms with Crippen LogP contribution >= 0.6 is 11.8 Å². The molecule has 2 rings (SSSR count). The Hall–Kier alpha value is -2.02. The third kappa shape index (κ3) is 6.71. The molecule has 0 aliphatic heterocycles. The van der Waals surface area contributed by atoms with Crippen LogP contribution < -0.4 is 9.47 Å². The van der Waals surface area contributed by atoms with Crippen molar-refractivity contribution in [1.29, 1.82) is 0 Å². The van der Waals surface area contributed by atoms with E-state index in [0.29, 0.717) is 18.3 Å². The van der Waals surface area contributed by atoms with Crippen molar-refractivity contribution in [2.24, 2.45) is 5.92 Å².